The van der Waals surface area contributed by atoms with Crippen LogP contribution < -0.4 is 4.72 Å². The normalized spacial score (nSPS) is 11.6. The van der Waals surface area contributed by atoms with Gasteiger partial charge in [0.1, 0.15) is 0 Å². The number of nitrogens with one attached hydrogen (secondary N) is 1. The van der Waals surface area contributed by atoms with Gasteiger partial charge in [0.15, 0.2) is 5.82 Å². The van der Waals surface area contributed by atoms with Gasteiger partial charge in [-0.25, -0.2) is 13.1 Å². The molecule has 1 heterocycles. The van der Waals surface area contributed by atoms with Crippen LogP contribution in [0, 0.1) is 6.92 Å². The summed E-state index contributed by atoms with van der Waals surface area (Å²) in [7, 11) is -3.41. The highest BCUT2D eigenvalue weighted by molar-refractivity contribution is 7.92. The molecule has 0 aliphatic heterocycles. The molecule has 1 aromatic heterocycles. The molecule has 1 rings (SSSR count). The molecule has 0 aliphatic rings. The molecular weight excluding hydrogens is 230 g/mol. The van der Waals surface area contributed by atoms with Gasteiger partial charge in [-0.15, -0.1) is 11.6 Å². The van der Waals surface area contributed by atoms with Gasteiger partial charge in [0, 0.05) is 5.88 Å². The topological polar surface area (TPSA) is 85.1 Å². The monoisotopic (exact) mass is 239 g/mol. The largest absolute Gasteiger partial charge is 0.335 e. The van der Waals surface area contributed by atoms with Crippen LogP contribution in [0.15, 0.2) is 4.52 Å². The van der Waals surface area contributed by atoms with Gasteiger partial charge in [-0.2, -0.15) is 4.98 Å². The lowest BCUT2D eigenvalue weighted by molar-refractivity contribution is 0.429. The Morgan fingerprint density at radius 1 is 1.57 bits per heavy atom. The van der Waals surface area contributed by atoms with E-state index in [1.165, 1.54) is 0 Å². The predicted molar refractivity (Wildman–Crippen MR) is 51.8 cm³/mol. The third-order valence-corrected chi connectivity index (χ3v) is 2.90. The minimum absolute atomic E-state index is 0.0576. The molecule has 14 heavy (non-hydrogen) atoms. The molecule has 0 amide bonds. The second-order valence-corrected chi connectivity index (χ2v) is 4.83. The van der Waals surface area contributed by atoms with Gasteiger partial charge in [-0.3, -0.25) is 0 Å². The number of halogens is 1. The van der Waals surface area contributed by atoms with Crippen molar-refractivity contribution in [3.8, 4) is 0 Å². The maximum absolute atomic E-state index is 11.3. The summed E-state index contributed by atoms with van der Waals surface area (Å²) in [6, 6.07) is -0.114. The van der Waals surface area contributed by atoms with Crippen molar-refractivity contribution < 1.29 is 12.9 Å². The highest BCUT2D eigenvalue weighted by atomic mass is 35.5. The molecule has 0 atom stereocenters. The number of rotatable bonds is 5. The maximum Gasteiger partial charge on any atom is 0.335 e. The van der Waals surface area contributed by atoms with E-state index in [2.05, 4.69) is 19.4 Å². The third-order valence-electron chi connectivity index (χ3n) is 1.32. The Hall–Kier alpha value is -0.820. The van der Waals surface area contributed by atoms with E-state index in [4.69, 9.17) is 11.6 Å². The first kappa shape index (κ1) is 11.3. The number of sulfonamides is 1. The van der Waals surface area contributed by atoms with Crippen LogP contribution in [0.5, 0.6) is 0 Å². The quantitative estimate of drug-likeness (QED) is 0.767. The van der Waals surface area contributed by atoms with E-state index in [9.17, 15) is 8.42 Å². The van der Waals surface area contributed by atoms with E-state index in [1.807, 2.05) is 0 Å². The predicted octanol–water partition coefficient (Wildman–Crippen LogP) is 0.749. The first-order valence-electron chi connectivity index (χ1n) is 3.90. The summed E-state index contributed by atoms with van der Waals surface area (Å²) in [4.78, 5) is 3.70. The summed E-state index contributed by atoms with van der Waals surface area (Å²) < 4.78 is 29.3. The fourth-order valence-corrected chi connectivity index (χ4v) is 2.03. The second kappa shape index (κ2) is 4.61. The van der Waals surface area contributed by atoms with Crippen LogP contribution in [-0.4, -0.2) is 30.2 Å². The van der Waals surface area contributed by atoms with Crippen LogP contribution in [-0.2, 0) is 10.0 Å². The Morgan fingerprint density at radius 2 is 2.29 bits per heavy atom. The van der Waals surface area contributed by atoms with Gasteiger partial charge in [0.25, 0.3) is 0 Å². The van der Waals surface area contributed by atoms with Gasteiger partial charge in [0.2, 0.25) is 10.0 Å². The van der Waals surface area contributed by atoms with E-state index in [0.717, 1.165) is 0 Å². The zero-order chi connectivity index (χ0) is 10.6. The molecule has 1 aromatic rings. The number of aromatic nitrogens is 2. The fraction of sp³-hybridized carbons (Fsp3) is 0.667. The number of alkyl halides is 1. The van der Waals surface area contributed by atoms with E-state index in [0.29, 0.717) is 18.1 Å². The van der Waals surface area contributed by atoms with Gasteiger partial charge < -0.3 is 4.52 Å². The summed E-state index contributed by atoms with van der Waals surface area (Å²) in [5.74, 6) is 0.613. The molecule has 0 bridgehead atoms. The van der Waals surface area contributed by atoms with Crippen LogP contribution >= 0.6 is 11.6 Å². The van der Waals surface area contributed by atoms with Crippen molar-refractivity contribution in [2.75, 3.05) is 16.4 Å². The molecule has 0 radical (unpaired) electrons. The zero-order valence-electron chi connectivity index (χ0n) is 7.53. The zero-order valence-corrected chi connectivity index (χ0v) is 9.10. The smallest absolute Gasteiger partial charge is 0.314 e. The summed E-state index contributed by atoms with van der Waals surface area (Å²) in [6.07, 6.45) is 0.379. The summed E-state index contributed by atoms with van der Waals surface area (Å²) in [6.45, 7) is 1.60. The highest BCUT2D eigenvalue weighted by Crippen LogP contribution is 2.06. The molecule has 0 fully saturated rings. The molecule has 6 nitrogen and oxygen atoms in total. The lowest BCUT2D eigenvalue weighted by Crippen LogP contribution is -2.17. The van der Waals surface area contributed by atoms with Crippen molar-refractivity contribution in [1.82, 2.24) is 10.1 Å². The number of aryl methyl sites for hydroxylation is 1. The average molecular weight is 240 g/mol. The van der Waals surface area contributed by atoms with Crippen molar-refractivity contribution in [2.45, 2.75) is 13.3 Å². The number of hydrogen-bond acceptors (Lipinski definition) is 5. The van der Waals surface area contributed by atoms with E-state index < -0.39 is 10.0 Å². The van der Waals surface area contributed by atoms with Crippen molar-refractivity contribution >= 4 is 27.6 Å². The third kappa shape index (κ3) is 3.51. The summed E-state index contributed by atoms with van der Waals surface area (Å²) in [5.41, 5.74) is 0. The molecule has 0 aromatic carbocycles. The van der Waals surface area contributed by atoms with Gasteiger partial charge >= 0.3 is 6.01 Å². The van der Waals surface area contributed by atoms with Gasteiger partial charge in [-0.1, -0.05) is 5.16 Å². The molecule has 80 valence electrons. The van der Waals surface area contributed by atoms with E-state index in [1.54, 1.807) is 6.92 Å². The molecular formula is C6H10ClN3O3S. The van der Waals surface area contributed by atoms with Crippen LogP contribution in [0.1, 0.15) is 12.2 Å². The molecule has 0 saturated heterocycles. The lowest BCUT2D eigenvalue weighted by Gasteiger charge is -2.00. The first-order chi connectivity index (χ1) is 6.53. The number of anilines is 1. The van der Waals surface area contributed by atoms with Crippen molar-refractivity contribution in [2.24, 2.45) is 0 Å². The molecule has 8 heteroatoms. The van der Waals surface area contributed by atoms with E-state index >= 15 is 0 Å². The first-order valence-corrected chi connectivity index (χ1v) is 6.09. The molecule has 1 N–H and O–H groups in total. The summed E-state index contributed by atoms with van der Waals surface area (Å²) in [5, 5.41) is 3.44. The minimum Gasteiger partial charge on any atom is -0.314 e. The number of hydrogen-bond donors (Lipinski definition) is 1. The Bertz CT molecular complexity index is 389. The number of nitrogens with zero attached hydrogens (tertiary/aromatic N) is 2. The molecule has 0 saturated carbocycles. The fourth-order valence-electron chi connectivity index (χ4n) is 0.767. The van der Waals surface area contributed by atoms with Crippen LogP contribution in [0.3, 0.4) is 0 Å². The highest BCUT2D eigenvalue weighted by Gasteiger charge is 2.13. The SMILES string of the molecule is Cc1noc(NS(=O)(=O)CCCCl)n1. The minimum atomic E-state index is -3.41. The molecule has 0 spiro atoms. The lowest BCUT2D eigenvalue weighted by atomic mass is 10.6. The standard InChI is InChI=1S/C6H10ClN3O3S/c1-5-8-6(13-9-5)10-14(11,12)4-2-3-7/h2-4H2,1H3,(H,8,9,10). The van der Waals surface area contributed by atoms with Crippen LogP contribution in [0.25, 0.3) is 0 Å². The van der Waals surface area contributed by atoms with Crippen molar-refractivity contribution in [1.29, 1.82) is 0 Å². The van der Waals surface area contributed by atoms with Gasteiger partial charge in [-0.05, 0) is 13.3 Å². The van der Waals surface area contributed by atoms with Crippen LogP contribution in [0.4, 0.5) is 6.01 Å². The van der Waals surface area contributed by atoms with Gasteiger partial charge in [0.05, 0.1) is 5.75 Å². The van der Waals surface area contributed by atoms with Crippen LogP contribution in [0.2, 0.25) is 0 Å². The molecule has 0 unspecified atom stereocenters. The Balaban J connectivity index is 2.59. The average Bonchev–Trinajstić information content (AvgIpc) is 2.47. The summed E-state index contributed by atoms with van der Waals surface area (Å²) >= 11 is 5.37. The van der Waals surface area contributed by atoms with Crippen molar-refractivity contribution in [3.05, 3.63) is 5.82 Å². The maximum atomic E-state index is 11.3. The Kier molecular flexibility index (Phi) is 3.70. The van der Waals surface area contributed by atoms with E-state index in [-0.39, 0.29) is 11.8 Å². The second-order valence-electron chi connectivity index (χ2n) is 2.61. The Morgan fingerprint density at radius 3 is 2.79 bits per heavy atom. The van der Waals surface area contributed by atoms with Crippen molar-refractivity contribution in [3.63, 3.8) is 0 Å². The Labute approximate surface area is 86.7 Å². The molecule has 0 aliphatic carbocycles.